The van der Waals surface area contributed by atoms with Gasteiger partial charge in [0.1, 0.15) is 11.8 Å². The van der Waals surface area contributed by atoms with Gasteiger partial charge in [0, 0.05) is 31.7 Å². The minimum Gasteiger partial charge on any atom is -0.364 e. The lowest BCUT2D eigenvalue weighted by Gasteiger charge is -2.32. The van der Waals surface area contributed by atoms with E-state index in [0.717, 1.165) is 25.7 Å². The van der Waals surface area contributed by atoms with E-state index in [9.17, 15) is 4.79 Å². The molecule has 2 aliphatic heterocycles. The van der Waals surface area contributed by atoms with Gasteiger partial charge in [0.05, 0.1) is 6.10 Å². The van der Waals surface area contributed by atoms with Gasteiger partial charge in [-0.25, -0.2) is 0 Å². The van der Waals surface area contributed by atoms with Crippen molar-refractivity contribution >= 4 is 5.91 Å². The molecular formula is C18H23N5O3. The molecule has 8 heteroatoms. The number of hydrogen-bond acceptors (Lipinski definition) is 7. The fourth-order valence-corrected chi connectivity index (χ4v) is 3.61. The second-order valence-corrected chi connectivity index (χ2v) is 6.83. The van der Waals surface area contributed by atoms with Crippen LogP contribution in [-0.4, -0.2) is 57.8 Å². The van der Waals surface area contributed by atoms with Gasteiger partial charge in [-0.15, -0.1) is 0 Å². The minimum absolute atomic E-state index is 0.0184. The molecule has 2 fully saturated rings. The SMILES string of the molecule is NC[C@H]1CC[C@@H](C(=O)N2CCC(c3nc(-c4ccccn4)no3)CC2)O1. The Hall–Kier alpha value is -2.32. The first kappa shape index (κ1) is 17.1. The molecule has 0 unspecified atom stereocenters. The van der Waals surface area contributed by atoms with Gasteiger partial charge >= 0.3 is 0 Å². The number of nitrogens with zero attached hydrogens (tertiary/aromatic N) is 4. The zero-order valence-corrected chi connectivity index (χ0v) is 14.6. The van der Waals surface area contributed by atoms with Crippen LogP contribution < -0.4 is 5.73 Å². The van der Waals surface area contributed by atoms with Crippen molar-refractivity contribution in [3.63, 3.8) is 0 Å². The molecule has 2 aromatic rings. The van der Waals surface area contributed by atoms with Gasteiger partial charge in [-0.2, -0.15) is 4.98 Å². The quantitative estimate of drug-likeness (QED) is 0.880. The topological polar surface area (TPSA) is 107 Å². The van der Waals surface area contributed by atoms with E-state index in [0.29, 0.717) is 37.0 Å². The first-order valence-corrected chi connectivity index (χ1v) is 9.14. The number of ether oxygens (including phenoxy) is 1. The highest BCUT2D eigenvalue weighted by Crippen LogP contribution is 2.29. The summed E-state index contributed by atoms with van der Waals surface area (Å²) in [5.74, 6) is 1.38. The molecule has 0 aromatic carbocycles. The maximum absolute atomic E-state index is 12.6. The van der Waals surface area contributed by atoms with Crippen LogP contribution in [0.1, 0.15) is 37.5 Å². The van der Waals surface area contributed by atoms with Crippen LogP contribution in [0, 0.1) is 0 Å². The van der Waals surface area contributed by atoms with Crippen LogP contribution in [0.3, 0.4) is 0 Å². The Kier molecular flexibility index (Phi) is 4.94. The highest BCUT2D eigenvalue weighted by atomic mass is 16.5. The summed E-state index contributed by atoms with van der Waals surface area (Å²) >= 11 is 0. The number of hydrogen-bond donors (Lipinski definition) is 1. The third-order valence-electron chi connectivity index (χ3n) is 5.14. The normalized spacial score (nSPS) is 24.1. The van der Waals surface area contributed by atoms with Crippen LogP contribution in [0.15, 0.2) is 28.9 Å². The lowest BCUT2D eigenvalue weighted by Crippen LogP contribution is -2.43. The molecule has 4 heterocycles. The van der Waals surface area contributed by atoms with Gasteiger partial charge in [-0.05, 0) is 37.8 Å². The Morgan fingerprint density at radius 2 is 2.08 bits per heavy atom. The monoisotopic (exact) mass is 357 g/mol. The third-order valence-corrected chi connectivity index (χ3v) is 5.14. The Bertz CT molecular complexity index is 742. The zero-order valence-electron chi connectivity index (χ0n) is 14.6. The molecule has 0 aliphatic carbocycles. The molecule has 2 atom stereocenters. The largest absolute Gasteiger partial charge is 0.364 e. The van der Waals surface area contributed by atoms with E-state index >= 15 is 0 Å². The molecule has 138 valence electrons. The lowest BCUT2D eigenvalue weighted by molar-refractivity contribution is -0.143. The molecule has 2 saturated heterocycles. The molecule has 0 bridgehead atoms. The van der Waals surface area contributed by atoms with E-state index in [1.54, 1.807) is 6.20 Å². The van der Waals surface area contributed by atoms with Crippen molar-refractivity contribution in [3.05, 3.63) is 30.3 Å². The molecule has 2 N–H and O–H groups in total. The molecule has 0 radical (unpaired) electrons. The van der Waals surface area contributed by atoms with Crippen LogP contribution in [0.25, 0.3) is 11.5 Å². The van der Waals surface area contributed by atoms with Crippen molar-refractivity contribution in [1.29, 1.82) is 0 Å². The molecule has 8 nitrogen and oxygen atoms in total. The number of rotatable bonds is 4. The standard InChI is InChI=1S/C18H23N5O3/c19-11-13-4-5-15(25-13)18(24)23-9-6-12(7-10-23)17-21-16(22-26-17)14-3-1-2-8-20-14/h1-3,8,12-13,15H,4-7,9-11,19H2/t13-,15+/m1/s1. The fourth-order valence-electron chi connectivity index (χ4n) is 3.61. The lowest BCUT2D eigenvalue weighted by atomic mass is 9.96. The molecule has 4 rings (SSSR count). The van der Waals surface area contributed by atoms with Crippen molar-refractivity contribution in [3.8, 4) is 11.5 Å². The number of carbonyl (C=O) groups is 1. The molecular weight excluding hydrogens is 334 g/mol. The number of likely N-dealkylation sites (tertiary alicyclic amines) is 1. The summed E-state index contributed by atoms with van der Waals surface area (Å²) in [6.45, 7) is 1.83. The van der Waals surface area contributed by atoms with Crippen molar-refractivity contribution in [2.45, 2.75) is 43.8 Å². The number of pyridine rings is 1. The van der Waals surface area contributed by atoms with Crippen LogP contribution in [-0.2, 0) is 9.53 Å². The number of carbonyl (C=O) groups excluding carboxylic acids is 1. The first-order chi connectivity index (χ1) is 12.7. The van der Waals surface area contributed by atoms with Crippen molar-refractivity contribution in [2.24, 2.45) is 5.73 Å². The van der Waals surface area contributed by atoms with Crippen LogP contribution >= 0.6 is 0 Å². The van der Waals surface area contributed by atoms with Gasteiger partial charge in [0.15, 0.2) is 0 Å². The fraction of sp³-hybridized carbons (Fsp3) is 0.556. The van der Waals surface area contributed by atoms with Crippen molar-refractivity contribution in [2.75, 3.05) is 19.6 Å². The predicted octanol–water partition coefficient (Wildman–Crippen LogP) is 1.34. The molecule has 2 aromatic heterocycles. The minimum atomic E-state index is -0.334. The van der Waals surface area contributed by atoms with Crippen molar-refractivity contribution < 1.29 is 14.1 Å². The molecule has 2 aliphatic rings. The van der Waals surface area contributed by atoms with E-state index < -0.39 is 0 Å². The summed E-state index contributed by atoms with van der Waals surface area (Å²) in [5, 5.41) is 4.04. The van der Waals surface area contributed by atoms with E-state index in [1.807, 2.05) is 23.1 Å². The molecule has 26 heavy (non-hydrogen) atoms. The van der Waals surface area contributed by atoms with Crippen LogP contribution in [0.4, 0.5) is 0 Å². The third kappa shape index (κ3) is 3.47. The second kappa shape index (κ2) is 7.51. The van der Waals surface area contributed by atoms with Crippen molar-refractivity contribution in [1.82, 2.24) is 20.0 Å². The summed E-state index contributed by atoms with van der Waals surface area (Å²) < 4.78 is 11.2. The average Bonchev–Trinajstić information content (AvgIpc) is 3.38. The summed E-state index contributed by atoms with van der Waals surface area (Å²) in [6, 6.07) is 5.59. The number of aromatic nitrogens is 3. The summed E-state index contributed by atoms with van der Waals surface area (Å²) in [6.07, 6.45) is 4.63. The van der Waals surface area contributed by atoms with Gasteiger partial charge in [-0.3, -0.25) is 9.78 Å². The Balaban J connectivity index is 1.34. The summed E-state index contributed by atoms with van der Waals surface area (Å²) in [7, 11) is 0. The summed E-state index contributed by atoms with van der Waals surface area (Å²) in [5.41, 5.74) is 6.32. The maximum Gasteiger partial charge on any atom is 0.251 e. The van der Waals surface area contributed by atoms with Gasteiger partial charge in [0.25, 0.3) is 5.91 Å². The summed E-state index contributed by atoms with van der Waals surface area (Å²) in [4.78, 5) is 23.2. The Morgan fingerprint density at radius 1 is 1.23 bits per heavy atom. The highest BCUT2D eigenvalue weighted by molar-refractivity contribution is 5.81. The molecule has 1 amide bonds. The number of nitrogens with two attached hydrogens (primary N) is 1. The Labute approximate surface area is 151 Å². The van der Waals surface area contributed by atoms with Gasteiger partial charge in [0.2, 0.25) is 11.7 Å². The van der Waals surface area contributed by atoms with E-state index in [1.165, 1.54) is 0 Å². The average molecular weight is 357 g/mol. The van der Waals surface area contributed by atoms with Gasteiger partial charge < -0.3 is 19.9 Å². The van der Waals surface area contributed by atoms with E-state index in [4.69, 9.17) is 15.0 Å². The van der Waals surface area contributed by atoms with E-state index in [2.05, 4.69) is 15.1 Å². The first-order valence-electron chi connectivity index (χ1n) is 9.14. The Morgan fingerprint density at radius 3 is 2.77 bits per heavy atom. The molecule has 0 saturated carbocycles. The second-order valence-electron chi connectivity index (χ2n) is 6.83. The zero-order chi connectivity index (χ0) is 17.9. The maximum atomic E-state index is 12.6. The molecule has 0 spiro atoms. The number of piperidine rings is 1. The van der Waals surface area contributed by atoms with Gasteiger partial charge in [-0.1, -0.05) is 11.2 Å². The predicted molar refractivity (Wildman–Crippen MR) is 93.0 cm³/mol. The number of amides is 1. The highest BCUT2D eigenvalue weighted by Gasteiger charge is 2.35. The van der Waals surface area contributed by atoms with Crippen LogP contribution in [0.2, 0.25) is 0 Å². The smallest absolute Gasteiger partial charge is 0.251 e. The van der Waals surface area contributed by atoms with E-state index in [-0.39, 0.29) is 24.0 Å². The van der Waals surface area contributed by atoms with Crippen LogP contribution in [0.5, 0.6) is 0 Å².